The van der Waals surface area contributed by atoms with Gasteiger partial charge >= 0.3 is 0 Å². The van der Waals surface area contributed by atoms with E-state index in [4.69, 9.17) is 0 Å². The molecule has 0 radical (unpaired) electrons. The van der Waals surface area contributed by atoms with Gasteiger partial charge in [-0.05, 0) is 56.9 Å². The number of hydrogen-bond donors (Lipinski definition) is 0. The molecule has 0 bridgehead atoms. The second-order valence-electron chi connectivity index (χ2n) is 8.12. The van der Waals surface area contributed by atoms with E-state index in [0.29, 0.717) is 0 Å². The second-order valence-corrected chi connectivity index (χ2v) is 9.26. The molecule has 0 saturated carbocycles. The van der Waals surface area contributed by atoms with Crippen molar-refractivity contribution in [3.8, 4) is 0 Å². The van der Waals surface area contributed by atoms with Crippen LogP contribution in [0.4, 0.5) is 5.69 Å². The first-order valence-corrected chi connectivity index (χ1v) is 11.9. The van der Waals surface area contributed by atoms with Crippen molar-refractivity contribution in [3.05, 3.63) is 51.7 Å². The Balaban J connectivity index is 1.37. The van der Waals surface area contributed by atoms with Gasteiger partial charge in [-0.3, -0.25) is 9.59 Å². The van der Waals surface area contributed by atoms with Gasteiger partial charge in [-0.15, -0.1) is 11.3 Å². The molecule has 30 heavy (non-hydrogen) atoms. The van der Waals surface area contributed by atoms with Crippen LogP contribution in [-0.2, 0) is 17.6 Å². The molecule has 2 heterocycles. The van der Waals surface area contributed by atoms with E-state index in [1.165, 1.54) is 16.1 Å². The normalized spacial score (nSPS) is 18.8. The van der Waals surface area contributed by atoms with Gasteiger partial charge < -0.3 is 14.7 Å². The summed E-state index contributed by atoms with van der Waals surface area (Å²) in [5.41, 5.74) is 2.44. The van der Waals surface area contributed by atoms with Gasteiger partial charge in [0.05, 0.1) is 4.88 Å². The maximum atomic E-state index is 13.2. The molecule has 2 aliphatic rings. The minimum atomic E-state index is 0.0479. The molecule has 0 spiro atoms. The van der Waals surface area contributed by atoms with Crippen LogP contribution in [0.2, 0.25) is 0 Å². The molecule has 1 fully saturated rings. The fourth-order valence-electron chi connectivity index (χ4n) is 4.59. The third-order valence-electron chi connectivity index (χ3n) is 6.41. The summed E-state index contributed by atoms with van der Waals surface area (Å²) in [6, 6.07) is 12.5. The van der Waals surface area contributed by atoms with Crippen LogP contribution in [-0.4, -0.2) is 60.9 Å². The average molecular weight is 426 g/mol. The topological polar surface area (TPSA) is 43.9 Å². The minimum Gasteiger partial charge on any atom is -0.368 e. The number of benzene rings is 1. The maximum Gasteiger partial charge on any atom is 0.263 e. The summed E-state index contributed by atoms with van der Waals surface area (Å²) >= 11 is 1.63. The summed E-state index contributed by atoms with van der Waals surface area (Å²) in [5, 5.41) is 0. The molecule has 160 valence electrons. The van der Waals surface area contributed by atoms with E-state index in [-0.39, 0.29) is 17.7 Å². The zero-order valence-corrected chi connectivity index (χ0v) is 18.8. The molecule has 1 aliphatic carbocycles. The second kappa shape index (κ2) is 9.21. The van der Waals surface area contributed by atoms with Gasteiger partial charge in [-0.25, -0.2) is 0 Å². The Bertz CT molecular complexity index is 883. The highest BCUT2D eigenvalue weighted by Crippen LogP contribution is 2.34. The number of para-hydroxylation sites is 1. The van der Waals surface area contributed by atoms with Crippen LogP contribution in [0.1, 0.15) is 40.4 Å². The quantitative estimate of drug-likeness (QED) is 0.734. The summed E-state index contributed by atoms with van der Waals surface area (Å²) in [4.78, 5) is 34.3. The lowest BCUT2D eigenvalue weighted by molar-refractivity contribution is -0.136. The number of thiophene rings is 1. The van der Waals surface area contributed by atoms with E-state index >= 15 is 0 Å². The number of rotatable bonds is 5. The van der Waals surface area contributed by atoms with Crippen LogP contribution in [0.3, 0.4) is 0 Å². The molecule has 1 aromatic heterocycles. The smallest absolute Gasteiger partial charge is 0.263 e. The number of carbonyl (C=O) groups excluding carboxylic acids is 2. The molecular formula is C24H31N3O2S. The largest absolute Gasteiger partial charge is 0.368 e. The van der Waals surface area contributed by atoms with E-state index in [1.54, 1.807) is 11.3 Å². The number of piperazine rings is 1. The van der Waals surface area contributed by atoms with Crippen molar-refractivity contribution in [3.63, 3.8) is 0 Å². The summed E-state index contributed by atoms with van der Waals surface area (Å²) in [7, 11) is 0. The third kappa shape index (κ3) is 4.24. The van der Waals surface area contributed by atoms with Crippen LogP contribution >= 0.6 is 11.3 Å². The number of hydrogen-bond acceptors (Lipinski definition) is 4. The van der Waals surface area contributed by atoms with Crippen LogP contribution in [0.25, 0.3) is 0 Å². The summed E-state index contributed by atoms with van der Waals surface area (Å²) in [6.45, 7) is 8.83. The molecule has 6 heteroatoms. The highest BCUT2D eigenvalue weighted by atomic mass is 32.1. The Labute approximate surface area is 183 Å². The Hall–Kier alpha value is -2.34. The number of nitrogens with zero attached hydrogens (tertiary/aromatic N) is 3. The molecule has 2 aromatic rings. The monoisotopic (exact) mass is 425 g/mol. The number of amides is 2. The van der Waals surface area contributed by atoms with Crippen molar-refractivity contribution in [2.75, 3.05) is 44.2 Å². The van der Waals surface area contributed by atoms with Gasteiger partial charge in [0.2, 0.25) is 5.91 Å². The molecule has 1 saturated heterocycles. The molecule has 2 amide bonds. The van der Waals surface area contributed by atoms with Gasteiger partial charge in [0.15, 0.2) is 0 Å². The summed E-state index contributed by atoms with van der Waals surface area (Å²) < 4.78 is 0. The SMILES string of the molecule is CCN(CC)C(=O)c1cc2c(s1)CC[C@H](C(=O)N1CCN(c3ccccc3)CC1)C2. The first-order valence-electron chi connectivity index (χ1n) is 11.1. The Morgan fingerprint density at radius 2 is 1.77 bits per heavy atom. The lowest BCUT2D eigenvalue weighted by Gasteiger charge is -2.38. The van der Waals surface area contributed by atoms with Gasteiger partial charge in [-0.1, -0.05) is 18.2 Å². The highest BCUT2D eigenvalue weighted by molar-refractivity contribution is 7.14. The zero-order valence-electron chi connectivity index (χ0n) is 18.0. The first kappa shape index (κ1) is 20.9. The highest BCUT2D eigenvalue weighted by Gasteiger charge is 2.32. The number of fused-ring (bicyclic) bond motifs is 1. The summed E-state index contributed by atoms with van der Waals surface area (Å²) in [5.74, 6) is 0.460. The first-order chi connectivity index (χ1) is 14.6. The van der Waals surface area contributed by atoms with Gasteiger partial charge in [-0.2, -0.15) is 0 Å². The molecule has 5 nitrogen and oxygen atoms in total. The molecule has 1 aliphatic heterocycles. The number of carbonyl (C=O) groups is 2. The minimum absolute atomic E-state index is 0.0479. The molecule has 1 atom stereocenters. The molecule has 1 aromatic carbocycles. The maximum absolute atomic E-state index is 13.2. The van der Waals surface area contributed by atoms with Crippen molar-refractivity contribution in [1.29, 1.82) is 0 Å². The predicted octanol–water partition coefficient (Wildman–Crippen LogP) is 3.68. The lowest BCUT2D eigenvalue weighted by atomic mass is 9.87. The van der Waals surface area contributed by atoms with Gasteiger partial charge in [0.1, 0.15) is 0 Å². The van der Waals surface area contributed by atoms with Crippen LogP contribution in [0, 0.1) is 5.92 Å². The average Bonchev–Trinajstić information content (AvgIpc) is 3.23. The third-order valence-corrected chi connectivity index (χ3v) is 7.63. The fourth-order valence-corrected chi connectivity index (χ4v) is 5.76. The van der Waals surface area contributed by atoms with E-state index in [0.717, 1.165) is 63.4 Å². The lowest BCUT2D eigenvalue weighted by Crippen LogP contribution is -2.51. The van der Waals surface area contributed by atoms with E-state index in [9.17, 15) is 9.59 Å². The van der Waals surface area contributed by atoms with Crippen LogP contribution in [0.15, 0.2) is 36.4 Å². The fraction of sp³-hybridized carbons (Fsp3) is 0.500. The Morgan fingerprint density at radius 3 is 2.43 bits per heavy atom. The predicted molar refractivity (Wildman–Crippen MR) is 122 cm³/mol. The number of anilines is 1. The van der Waals surface area contributed by atoms with E-state index in [2.05, 4.69) is 29.2 Å². The van der Waals surface area contributed by atoms with Gasteiger partial charge in [0.25, 0.3) is 5.91 Å². The molecular weight excluding hydrogens is 394 g/mol. The molecule has 0 N–H and O–H groups in total. The van der Waals surface area contributed by atoms with E-state index in [1.807, 2.05) is 35.8 Å². The molecule has 0 unspecified atom stereocenters. The molecule has 4 rings (SSSR count). The number of aryl methyl sites for hydroxylation is 1. The van der Waals surface area contributed by atoms with Crippen molar-refractivity contribution in [2.45, 2.75) is 33.1 Å². The summed E-state index contributed by atoms with van der Waals surface area (Å²) in [6.07, 6.45) is 2.57. The van der Waals surface area contributed by atoms with Crippen molar-refractivity contribution < 1.29 is 9.59 Å². The Kier molecular flexibility index (Phi) is 6.42. The standard InChI is InChI=1S/C24H31N3O2S/c1-3-25(4-2)24(29)22-17-19-16-18(10-11-21(19)30-22)23(28)27-14-12-26(13-15-27)20-8-6-5-7-9-20/h5-9,17-18H,3-4,10-16H2,1-2H3/t18-/m0/s1. The van der Waals surface area contributed by atoms with Crippen molar-refractivity contribution in [2.24, 2.45) is 5.92 Å². The van der Waals surface area contributed by atoms with Crippen molar-refractivity contribution in [1.82, 2.24) is 9.80 Å². The van der Waals surface area contributed by atoms with E-state index < -0.39 is 0 Å². The van der Waals surface area contributed by atoms with Crippen LogP contribution in [0.5, 0.6) is 0 Å². The Morgan fingerprint density at radius 1 is 1.07 bits per heavy atom. The zero-order chi connectivity index (χ0) is 21.1. The van der Waals surface area contributed by atoms with Gasteiger partial charge in [0, 0.05) is 55.8 Å². The van der Waals surface area contributed by atoms with Crippen LogP contribution < -0.4 is 4.90 Å². The van der Waals surface area contributed by atoms with Crippen molar-refractivity contribution >= 4 is 28.8 Å².